The minimum absolute atomic E-state index is 0.305. The molecule has 0 unspecified atom stereocenters. The molecular weight excluding hydrogens is 400 g/mol. The maximum Gasteiger partial charge on any atom is 0.169 e. The summed E-state index contributed by atoms with van der Waals surface area (Å²) in [6.45, 7) is 9.20. The third kappa shape index (κ3) is 5.04. The molecule has 0 fully saturated rings. The minimum Gasteiger partial charge on any atom is -0.383 e. The van der Waals surface area contributed by atoms with Gasteiger partial charge in [-0.1, -0.05) is 39.7 Å². The van der Waals surface area contributed by atoms with Crippen LogP contribution in [0.5, 0.6) is 0 Å². The van der Waals surface area contributed by atoms with Gasteiger partial charge in [-0.15, -0.1) is 0 Å². The molecule has 32 heavy (non-hydrogen) atoms. The molecule has 7 heteroatoms. The molecule has 1 aromatic carbocycles. The van der Waals surface area contributed by atoms with E-state index in [1.165, 1.54) is 23.5 Å². The summed E-state index contributed by atoms with van der Waals surface area (Å²) in [5.41, 5.74) is 11.3. The first-order valence-corrected chi connectivity index (χ1v) is 10.7. The number of nitrogens with two attached hydrogens (primary N) is 1. The van der Waals surface area contributed by atoms with Crippen molar-refractivity contribution in [3.05, 3.63) is 53.0 Å². The van der Waals surface area contributed by atoms with E-state index in [0.717, 1.165) is 11.8 Å². The van der Waals surface area contributed by atoms with Gasteiger partial charge in [0.05, 0.1) is 11.1 Å². The Morgan fingerprint density at radius 3 is 2.31 bits per heavy atom. The van der Waals surface area contributed by atoms with Gasteiger partial charge in [0.2, 0.25) is 0 Å². The third-order valence-electron chi connectivity index (χ3n) is 5.14. The third-order valence-corrected chi connectivity index (χ3v) is 5.14. The molecule has 3 aromatic rings. The molecule has 0 radical (unpaired) electrons. The number of fused-ring (bicyclic) bond motifs is 1. The minimum atomic E-state index is 0.305. The van der Waals surface area contributed by atoms with Gasteiger partial charge in [0.25, 0.3) is 0 Å². The highest BCUT2D eigenvalue weighted by Gasteiger charge is 2.17. The van der Waals surface area contributed by atoms with Gasteiger partial charge in [-0.2, -0.15) is 5.10 Å². The molecule has 0 aliphatic rings. The molecule has 2 N–H and O–H groups in total. The Morgan fingerprint density at radius 2 is 1.75 bits per heavy atom. The number of aromatic nitrogens is 4. The fourth-order valence-electron chi connectivity index (χ4n) is 3.40. The van der Waals surface area contributed by atoms with Crippen LogP contribution in [0.4, 0.5) is 5.82 Å². The van der Waals surface area contributed by atoms with Crippen molar-refractivity contribution in [1.82, 2.24) is 24.6 Å². The maximum absolute atomic E-state index is 11.2. The second-order valence-corrected chi connectivity index (χ2v) is 8.70. The molecule has 0 amide bonds. The number of aldehydes is 1. The quantitative estimate of drug-likeness (QED) is 0.365. The van der Waals surface area contributed by atoms with Crippen LogP contribution in [0.25, 0.3) is 16.7 Å². The predicted octanol–water partition coefficient (Wildman–Crippen LogP) is 3.66. The van der Waals surface area contributed by atoms with Gasteiger partial charge in [0, 0.05) is 18.2 Å². The molecule has 0 bridgehead atoms. The standard InChI is InChI=1S/C25H30N6O/c1-16(2)19-11-18(12-20(13-19)17(3)4)7-8-22-23-24(26)27-15-28-25(23)31(29-22)21(9-10-32)14-30(5)6/h9-13,15-17H,14H2,1-6H3,(H2,26,27,28). The van der Waals surface area contributed by atoms with Crippen LogP contribution < -0.4 is 5.73 Å². The fraction of sp³-hybridized carbons (Fsp3) is 0.360. The molecule has 3 rings (SSSR count). The lowest BCUT2D eigenvalue weighted by molar-refractivity contribution is -0.104. The molecular formula is C25H30N6O. The zero-order valence-electron chi connectivity index (χ0n) is 19.5. The molecule has 0 aliphatic carbocycles. The van der Waals surface area contributed by atoms with Crippen LogP contribution in [-0.2, 0) is 4.79 Å². The molecule has 0 atom stereocenters. The monoisotopic (exact) mass is 430 g/mol. The summed E-state index contributed by atoms with van der Waals surface area (Å²) >= 11 is 0. The number of nitrogens with zero attached hydrogens (tertiary/aromatic N) is 5. The molecule has 0 saturated carbocycles. The van der Waals surface area contributed by atoms with Crippen LogP contribution in [0.2, 0.25) is 0 Å². The van der Waals surface area contributed by atoms with Gasteiger partial charge < -0.3 is 10.6 Å². The summed E-state index contributed by atoms with van der Waals surface area (Å²) in [5.74, 6) is 7.55. The number of allylic oxidation sites excluding steroid dienone is 1. The summed E-state index contributed by atoms with van der Waals surface area (Å²) < 4.78 is 1.62. The number of benzene rings is 1. The highest BCUT2D eigenvalue weighted by Crippen LogP contribution is 2.25. The largest absolute Gasteiger partial charge is 0.383 e. The number of rotatable bonds is 6. The number of likely N-dealkylation sites (N-methyl/N-ethyl adjacent to an activating group) is 1. The van der Waals surface area contributed by atoms with Crippen LogP contribution in [0.1, 0.15) is 61.9 Å². The van der Waals surface area contributed by atoms with Gasteiger partial charge in [-0.25, -0.2) is 14.6 Å². The van der Waals surface area contributed by atoms with Gasteiger partial charge in [-0.05, 0) is 55.1 Å². The Bertz CT molecular complexity index is 1200. The van der Waals surface area contributed by atoms with Gasteiger partial charge in [0.1, 0.15) is 24.1 Å². The van der Waals surface area contributed by atoms with E-state index < -0.39 is 0 Å². The van der Waals surface area contributed by atoms with E-state index in [1.807, 2.05) is 19.0 Å². The highest BCUT2D eigenvalue weighted by atomic mass is 16.1. The van der Waals surface area contributed by atoms with E-state index >= 15 is 0 Å². The van der Waals surface area contributed by atoms with E-state index in [2.05, 4.69) is 72.8 Å². The number of anilines is 1. The molecule has 2 aromatic heterocycles. The van der Waals surface area contributed by atoms with E-state index in [1.54, 1.807) is 4.68 Å². The Hall–Kier alpha value is -3.50. The zero-order valence-corrected chi connectivity index (χ0v) is 19.5. The summed E-state index contributed by atoms with van der Waals surface area (Å²) in [7, 11) is 3.84. The molecule has 2 heterocycles. The molecule has 7 nitrogen and oxygen atoms in total. The van der Waals surface area contributed by atoms with E-state index in [4.69, 9.17) is 5.73 Å². The maximum atomic E-state index is 11.2. The number of carbonyl (C=O) groups is 1. The van der Waals surface area contributed by atoms with Crippen LogP contribution >= 0.6 is 0 Å². The second kappa shape index (κ2) is 9.75. The number of nitrogen functional groups attached to an aromatic ring is 1. The van der Waals surface area contributed by atoms with Crippen LogP contribution in [0.3, 0.4) is 0 Å². The Kier molecular flexibility index (Phi) is 7.06. The molecule has 166 valence electrons. The first-order chi connectivity index (χ1) is 15.2. The summed E-state index contributed by atoms with van der Waals surface area (Å²) in [4.78, 5) is 21.7. The predicted molar refractivity (Wildman–Crippen MR) is 129 cm³/mol. The van der Waals surface area contributed by atoms with Crippen molar-refractivity contribution in [3.63, 3.8) is 0 Å². The van der Waals surface area contributed by atoms with Crippen molar-refractivity contribution in [3.8, 4) is 11.8 Å². The fourth-order valence-corrected chi connectivity index (χ4v) is 3.40. The first kappa shape index (κ1) is 23.2. The normalized spacial score (nSPS) is 12.0. The van der Waals surface area contributed by atoms with E-state index in [9.17, 15) is 4.79 Å². The van der Waals surface area contributed by atoms with E-state index in [0.29, 0.717) is 46.6 Å². The van der Waals surface area contributed by atoms with Crippen molar-refractivity contribution < 1.29 is 4.79 Å². The van der Waals surface area contributed by atoms with Crippen molar-refractivity contribution >= 4 is 28.8 Å². The van der Waals surface area contributed by atoms with Crippen molar-refractivity contribution in [2.24, 2.45) is 0 Å². The van der Waals surface area contributed by atoms with Crippen LogP contribution in [0, 0.1) is 11.8 Å². The average Bonchev–Trinajstić information content (AvgIpc) is 3.11. The Labute approximate surface area is 189 Å². The van der Waals surface area contributed by atoms with Crippen molar-refractivity contribution in [2.75, 3.05) is 26.4 Å². The lowest BCUT2D eigenvalue weighted by Crippen LogP contribution is -2.18. The summed E-state index contributed by atoms with van der Waals surface area (Å²) in [5, 5.41) is 5.24. The SMILES string of the molecule is CC(C)c1cc(C#Cc2nn(C(=CC=O)CN(C)C)c3ncnc(N)c23)cc(C(C)C)c1. The lowest BCUT2D eigenvalue weighted by atomic mass is 9.93. The lowest BCUT2D eigenvalue weighted by Gasteiger charge is -2.13. The number of hydrogen-bond acceptors (Lipinski definition) is 6. The van der Waals surface area contributed by atoms with Crippen LogP contribution in [-0.4, -0.2) is 51.6 Å². The molecule has 0 spiro atoms. The smallest absolute Gasteiger partial charge is 0.169 e. The highest BCUT2D eigenvalue weighted by molar-refractivity contribution is 5.93. The van der Waals surface area contributed by atoms with Crippen LogP contribution in [0.15, 0.2) is 30.6 Å². The van der Waals surface area contributed by atoms with Gasteiger partial charge in [-0.3, -0.25) is 4.79 Å². The van der Waals surface area contributed by atoms with E-state index in [-0.39, 0.29) is 0 Å². The van der Waals surface area contributed by atoms with Gasteiger partial charge in [0.15, 0.2) is 5.65 Å². The van der Waals surface area contributed by atoms with Crippen molar-refractivity contribution in [2.45, 2.75) is 39.5 Å². The summed E-state index contributed by atoms with van der Waals surface area (Å²) in [6.07, 6.45) is 3.61. The second-order valence-electron chi connectivity index (χ2n) is 8.70. The zero-order chi connectivity index (χ0) is 23.4. The summed E-state index contributed by atoms with van der Waals surface area (Å²) in [6, 6.07) is 6.48. The van der Waals surface area contributed by atoms with Crippen molar-refractivity contribution in [1.29, 1.82) is 0 Å². The Morgan fingerprint density at radius 1 is 1.09 bits per heavy atom. The Balaban J connectivity index is 2.18. The first-order valence-electron chi connectivity index (χ1n) is 10.7. The molecule has 0 saturated heterocycles. The number of hydrogen-bond donors (Lipinski definition) is 1. The van der Waals surface area contributed by atoms with Gasteiger partial charge >= 0.3 is 0 Å². The topological polar surface area (TPSA) is 89.9 Å². The number of carbonyl (C=O) groups excluding carboxylic acids is 1. The molecule has 0 aliphatic heterocycles. The average molecular weight is 431 g/mol.